The zero-order chi connectivity index (χ0) is 19.5. The van der Waals surface area contributed by atoms with Crippen LogP contribution in [0.4, 0.5) is 18.9 Å². The molecule has 9 heteroatoms. The number of carbonyl (C=O) groups excluding carboxylic acids is 2. The average molecular weight is 372 g/mol. The Labute approximate surface area is 148 Å². The standard InChI is InChI=1S/C17H19F3N2O4/c1-2-5-21(10-15(24)25)16(26)11-7-12(17(18,19)20)9-13(8-11)22-6-3-4-14(22)23/h7-9H,2-6,10H2,1H3,(H,24,25). The molecule has 0 aliphatic carbocycles. The van der Waals surface area contributed by atoms with E-state index >= 15 is 0 Å². The van der Waals surface area contributed by atoms with Crippen LogP contribution in [-0.2, 0) is 15.8 Å². The molecule has 1 saturated heterocycles. The van der Waals surface area contributed by atoms with Crippen LogP contribution in [0, 0.1) is 0 Å². The molecule has 2 amide bonds. The van der Waals surface area contributed by atoms with Gasteiger partial charge in [-0.2, -0.15) is 13.2 Å². The monoisotopic (exact) mass is 372 g/mol. The Morgan fingerprint density at radius 1 is 1.27 bits per heavy atom. The molecule has 1 aromatic rings. The van der Waals surface area contributed by atoms with E-state index in [1.807, 2.05) is 0 Å². The molecule has 0 aromatic heterocycles. The molecule has 0 unspecified atom stereocenters. The first-order chi connectivity index (χ1) is 12.1. The molecule has 26 heavy (non-hydrogen) atoms. The first-order valence-electron chi connectivity index (χ1n) is 8.17. The Balaban J connectivity index is 2.47. The zero-order valence-electron chi connectivity index (χ0n) is 14.2. The third-order valence-corrected chi connectivity index (χ3v) is 3.98. The summed E-state index contributed by atoms with van der Waals surface area (Å²) in [5.74, 6) is -2.37. The third-order valence-electron chi connectivity index (χ3n) is 3.98. The molecule has 2 rings (SSSR count). The maximum atomic E-state index is 13.2. The highest BCUT2D eigenvalue weighted by molar-refractivity contribution is 6.00. The van der Waals surface area contributed by atoms with Gasteiger partial charge in [0.15, 0.2) is 0 Å². The van der Waals surface area contributed by atoms with Gasteiger partial charge in [-0.3, -0.25) is 14.4 Å². The van der Waals surface area contributed by atoms with Crippen LogP contribution in [0.5, 0.6) is 0 Å². The number of rotatable bonds is 6. The molecule has 1 fully saturated rings. The predicted octanol–water partition coefficient (Wildman–Crippen LogP) is 2.77. The van der Waals surface area contributed by atoms with E-state index in [-0.39, 0.29) is 36.7 Å². The molecule has 0 radical (unpaired) electrons. The summed E-state index contributed by atoms with van der Waals surface area (Å²) in [6.45, 7) is 1.49. The second kappa shape index (κ2) is 7.76. The van der Waals surface area contributed by atoms with Crippen LogP contribution in [0.3, 0.4) is 0 Å². The van der Waals surface area contributed by atoms with Crippen LogP contribution < -0.4 is 4.90 Å². The van der Waals surface area contributed by atoms with Crippen molar-refractivity contribution >= 4 is 23.5 Å². The van der Waals surface area contributed by atoms with Gasteiger partial charge < -0.3 is 14.9 Å². The van der Waals surface area contributed by atoms with Gasteiger partial charge in [-0.1, -0.05) is 6.92 Å². The van der Waals surface area contributed by atoms with E-state index in [1.54, 1.807) is 6.92 Å². The number of hydrogen-bond donors (Lipinski definition) is 1. The van der Waals surface area contributed by atoms with Gasteiger partial charge in [0.2, 0.25) is 5.91 Å². The van der Waals surface area contributed by atoms with E-state index in [0.717, 1.165) is 11.0 Å². The molecule has 0 saturated carbocycles. The normalized spacial score (nSPS) is 14.6. The fourth-order valence-corrected chi connectivity index (χ4v) is 2.84. The number of carboxylic acid groups (broad SMARTS) is 1. The number of benzene rings is 1. The van der Waals surface area contributed by atoms with E-state index in [2.05, 4.69) is 0 Å². The van der Waals surface area contributed by atoms with Gasteiger partial charge in [-0.15, -0.1) is 0 Å². The summed E-state index contributed by atoms with van der Waals surface area (Å²) in [7, 11) is 0. The lowest BCUT2D eigenvalue weighted by Crippen LogP contribution is -2.36. The van der Waals surface area contributed by atoms with Crippen molar-refractivity contribution in [3.8, 4) is 0 Å². The largest absolute Gasteiger partial charge is 0.480 e. The molecule has 6 nitrogen and oxygen atoms in total. The van der Waals surface area contributed by atoms with Gasteiger partial charge in [0.1, 0.15) is 6.54 Å². The molecule has 1 aliphatic rings. The summed E-state index contributed by atoms with van der Waals surface area (Å²) in [6, 6.07) is 2.74. The maximum absolute atomic E-state index is 13.2. The highest BCUT2D eigenvalue weighted by Gasteiger charge is 2.34. The number of carboxylic acids is 1. The van der Waals surface area contributed by atoms with Crippen molar-refractivity contribution in [2.24, 2.45) is 0 Å². The van der Waals surface area contributed by atoms with Crippen molar-refractivity contribution in [1.29, 1.82) is 0 Å². The lowest BCUT2D eigenvalue weighted by atomic mass is 10.1. The Morgan fingerprint density at radius 2 is 1.96 bits per heavy atom. The number of aliphatic carboxylic acids is 1. The summed E-state index contributed by atoms with van der Waals surface area (Å²) in [5.41, 5.74) is -1.34. The van der Waals surface area contributed by atoms with Crippen LogP contribution in [0.2, 0.25) is 0 Å². The number of halogens is 3. The van der Waals surface area contributed by atoms with Crippen molar-refractivity contribution in [3.05, 3.63) is 29.3 Å². The van der Waals surface area contributed by atoms with E-state index < -0.39 is 30.2 Å². The molecular formula is C17H19F3N2O4. The Morgan fingerprint density at radius 3 is 2.46 bits per heavy atom. The number of nitrogens with zero attached hydrogens (tertiary/aromatic N) is 2. The van der Waals surface area contributed by atoms with Gasteiger partial charge in [0.05, 0.1) is 5.56 Å². The Bertz CT molecular complexity index is 718. The van der Waals surface area contributed by atoms with Crippen LogP contribution in [-0.4, -0.2) is 47.4 Å². The van der Waals surface area contributed by atoms with Gasteiger partial charge in [0.25, 0.3) is 5.91 Å². The first-order valence-corrected chi connectivity index (χ1v) is 8.17. The van der Waals surface area contributed by atoms with Crippen molar-refractivity contribution in [2.45, 2.75) is 32.4 Å². The molecule has 0 atom stereocenters. The summed E-state index contributed by atoms with van der Waals surface area (Å²) >= 11 is 0. The molecular weight excluding hydrogens is 353 g/mol. The van der Waals surface area contributed by atoms with Crippen molar-refractivity contribution in [2.75, 3.05) is 24.5 Å². The second-order valence-corrected chi connectivity index (χ2v) is 6.04. The first kappa shape index (κ1) is 19.7. The minimum Gasteiger partial charge on any atom is -0.480 e. The fraction of sp³-hybridized carbons (Fsp3) is 0.471. The summed E-state index contributed by atoms with van der Waals surface area (Å²) in [5, 5.41) is 8.93. The SMILES string of the molecule is CCCN(CC(=O)O)C(=O)c1cc(N2CCCC2=O)cc(C(F)(F)F)c1. The number of carbonyl (C=O) groups is 3. The quantitative estimate of drug-likeness (QED) is 0.833. The van der Waals surface area contributed by atoms with Crippen LogP contribution in [0.25, 0.3) is 0 Å². The van der Waals surface area contributed by atoms with E-state index in [9.17, 15) is 27.6 Å². The van der Waals surface area contributed by atoms with Gasteiger partial charge >= 0.3 is 12.1 Å². The number of alkyl halides is 3. The zero-order valence-corrected chi connectivity index (χ0v) is 14.2. The van der Waals surface area contributed by atoms with E-state index in [1.165, 1.54) is 11.0 Å². The molecule has 142 valence electrons. The maximum Gasteiger partial charge on any atom is 0.416 e. The van der Waals surface area contributed by atoms with E-state index in [4.69, 9.17) is 5.11 Å². The van der Waals surface area contributed by atoms with Crippen molar-refractivity contribution in [3.63, 3.8) is 0 Å². The lowest BCUT2D eigenvalue weighted by Gasteiger charge is -2.23. The van der Waals surface area contributed by atoms with Crippen molar-refractivity contribution in [1.82, 2.24) is 4.90 Å². The molecule has 1 N–H and O–H groups in total. The lowest BCUT2D eigenvalue weighted by molar-refractivity contribution is -0.138. The Hall–Kier alpha value is -2.58. The van der Waals surface area contributed by atoms with Gasteiger partial charge in [0, 0.05) is 30.8 Å². The van der Waals surface area contributed by atoms with Crippen LogP contribution in [0.15, 0.2) is 18.2 Å². The minimum absolute atomic E-state index is 0.00236. The summed E-state index contributed by atoms with van der Waals surface area (Å²) < 4.78 is 39.7. The molecule has 1 heterocycles. The molecule has 1 aromatic carbocycles. The third kappa shape index (κ3) is 4.53. The minimum atomic E-state index is -4.70. The van der Waals surface area contributed by atoms with Crippen molar-refractivity contribution < 1.29 is 32.7 Å². The second-order valence-electron chi connectivity index (χ2n) is 6.04. The molecule has 1 aliphatic heterocycles. The molecule has 0 spiro atoms. The van der Waals surface area contributed by atoms with Crippen LogP contribution >= 0.6 is 0 Å². The topological polar surface area (TPSA) is 77.9 Å². The van der Waals surface area contributed by atoms with Gasteiger partial charge in [-0.05, 0) is 31.0 Å². The fourth-order valence-electron chi connectivity index (χ4n) is 2.84. The summed E-state index contributed by atoms with van der Waals surface area (Å²) in [6.07, 6.45) is -3.48. The highest BCUT2D eigenvalue weighted by Crippen LogP contribution is 2.34. The van der Waals surface area contributed by atoms with Gasteiger partial charge in [-0.25, -0.2) is 0 Å². The highest BCUT2D eigenvalue weighted by atomic mass is 19.4. The van der Waals surface area contributed by atoms with Crippen LogP contribution in [0.1, 0.15) is 42.1 Å². The Kier molecular flexibility index (Phi) is 5.89. The number of hydrogen-bond acceptors (Lipinski definition) is 3. The smallest absolute Gasteiger partial charge is 0.416 e. The average Bonchev–Trinajstić information content (AvgIpc) is 2.98. The van der Waals surface area contributed by atoms with E-state index in [0.29, 0.717) is 18.9 Å². The molecule has 0 bridgehead atoms. The predicted molar refractivity (Wildman–Crippen MR) is 86.9 cm³/mol. The number of anilines is 1. The summed E-state index contributed by atoms with van der Waals surface area (Å²) in [4.78, 5) is 37.6. The number of amides is 2.